The maximum atomic E-state index is 12.4. The number of methoxy groups -OCH3 is 1. The van der Waals surface area contributed by atoms with Crippen LogP contribution >= 0.6 is 0 Å². The van der Waals surface area contributed by atoms with Gasteiger partial charge in [-0.2, -0.15) is 5.10 Å². The standard InChI is InChI=1S/C16H20N4O2/c1-11-10-18-20(12-5-3-4-6-12)15(11)19-16(21)14-9-13(22-2)7-8-17-14/h7-10,12H,3-6H2,1-2H3,(H,19,21). The normalized spacial score (nSPS) is 15.0. The molecule has 0 radical (unpaired) electrons. The minimum atomic E-state index is -0.248. The molecule has 0 aromatic carbocycles. The second-order valence-electron chi connectivity index (χ2n) is 5.59. The van der Waals surface area contributed by atoms with Crippen molar-refractivity contribution in [2.24, 2.45) is 0 Å². The Morgan fingerprint density at radius 1 is 1.41 bits per heavy atom. The molecule has 22 heavy (non-hydrogen) atoms. The first-order valence-corrected chi connectivity index (χ1v) is 7.54. The van der Waals surface area contributed by atoms with Crippen LogP contribution in [0.1, 0.15) is 47.8 Å². The summed E-state index contributed by atoms with van der Waals surface area (Å²) in [6, 6.07) is 3.72. The number of carbonyl (C=O) groups is 1. The molecule has 1 fully saturated rings. The van der Waals surface area contributed by atoms with Crippen molar-refractivity contribution >= 4 is 11.7 Å². The zero-order valence-corrected chi connectivity index (χ0v) is 12.9. The fourth-order valence-electron chi connectivity index (χ4n) is 2.86. The van der Waals surface area contributed by atoms with E-state index in [1.54, 1.807) is 31.6 Å². The van der Waals surface area contributed by atoms with Gasteiger partial charge >= 0.3 is 0 Å². The van der Waals surface area contributed by atoms with Gasteiger partial charge in [-0.15, -0.1) is 0 Å². The molecule has 1 saturated carbocycles. The highest BCUT2D eigenvalue weighted by Gasteiger charge is 2.22. The van der Waals surface area contributed by atoms with E-state index in [4.69, 9.17) is 4.74 Å². The molecule has 1 N–H and O–H groups in total. The van der Waals surface area contributed by atoms with Gasteiger partial charge in [0.05, 0.1) is 19.3 Å². The van der Waals surface area contributed by atoms with Gasteiger partial charge in [-0.1, -0.05) is 12.8 Å². The van der Waals surface area contributed by atoms with Gasteiger partial charge in [0.2, 0.25) is 0 Å². The van der Waals surface area contributed by atoms with E-state index in [9.17, 15) is 4.79 Å². The summed E-state index contributed by atoms with van der Waals surface area (Å²) < 4.78 is 7.08. The number of ether oxygens (including phenoxy) is 1. The van der Waals surface area contributed by atoms with Crippen LogP contribution in [-0.4, -0.2) is 27.8 Å². The summed E-state index contributed by atoms with van der Waals surface area (Å²) in [5.41, 5.74) is 1.29. The lowest BCUT2D eigenvalue weighted by molar-refractivity contribution is 0.102. The second-order valence-corrected chi connectivity index (χ2v) is 5.59. The van der Waals surface area contributed by atoms with Crippen LogP contribution < -0.4 is 10.1 Å². The number of amides is 1. The van der Waals surface area contributed by atoms with Crippen molar-refractivity contribution in [3.8, 4) is 5.75 Å². The first-order chi connectivity index (χ1) is 10.7. The molecule has 1 aliphatic rings. The summed E-state index contributed by atoms with van der Waals surface area (Å²) >= 11 is 0. The Morgan fingerprint density at radius 2 is 2.18 bits per heavy atom. The number of carbonyl (C=O) groups excluding carboxylic acids is 1. The molecule has 0 unspecified atom stereocenters. The minimum Gasteiger partial charge on any atom is -0.497 e. The van der Waals surface area contributed by atoms with Gasteiger partial charge < -0.3 is 10.1 Å². The highest BCUT2D eigenvalue weighted by atomic mass is 16.5. The molecule has 6 nitrogen and oxygen atoms in total. The average Bonchev–Trinajstić information content (AvgIpc) is 3.18. The van der Waals surface area contributed by atoms with Gasteiger partial charge in [0, 0.05) is 17.8 Å². The Balaban J connectivity index is 1.83. The van der Waals surface area contributed by atoms with Crippen LogP contribution in [0.5, 0.6) is 5.75 Å². The van der Waals surface area contributed by atoms with Gasteiger partial charge in [-0.3, -0.25) is 9.78 Å². The maximum Gasteiger partial charge on any atom is 0.275 e. The van der Waals surface area contributed by atoms with Gasteiger partial charge in [0.1, 0.15) is 17.3 Å². The third-order valence-corrected chi connectivity index (χ3v) is 4.08. The molecular formula is C16H20N4O2. The van der Waals surface area contributed by atoms with E-state index < -0.39 is 0 Å². The topological polar surface area (TPSA) is 69.0 Å². The van der Waals surface area contributed by atoms with Crippen molar-refractivity contribution in [3.05, 3.63) is 35.8 Å². The van der Waals surface area contributed by atoms with E-state index in [1.807, 2.05) is 11.6 Å². The minimum absolute atomic E-state index is 0.248. The van der Waals surface area contributed by atoms with Crippen molar-refractivity contribution in [3.63, 3.8) is 0 Å². The van der Waals surface area contributed by atoms with Crippen LogP contribution in [0, 0.1) is 6.92 Å². The number of hydrogen-bond donors (Lipinski definition) is 1. The zero-order chi connectivity index (χ0) is 15.5. The van der Waals surface area contributed by atoms with E-state index in [-0.39, 0.29) is 5.91 Å². The number of hydrogen-bond acceptors (Lipinski definition) is 4. The average molecular weight is 300 g/mol. The summed E-state index contributed by atoms with van der Waals surface area (Å²) in [6.45, 7) is 1.95. The number of pyridine rings is 1. The summed E-state index contributed by atoms with van der Waals surface area (Å²) in [7, 11) is 1.57. The molecule has 1 amide bonds. The maximum absolute atomic E-state index is 12.4. The first kappa shape index (κ1) is 14.6. The fourth-order valence-corrected chi connectivity index (χ4v) is 2.86. The Morgan fingerprint density at radius 3 is 2.91 bits per heavy atom. The molecule has 2 heterocycles. The molecule has 0 aliphatic heterocycles. The van der Waals surface area contributed by atoms with Crippen LogP contribution in [0.15, 0.2) is 24.5 Å². The van der Waals surface area contributed by atoms with Crippen molar-refractivity contribution in [2.75, 3.05) is 12.4 Å². The molecule has 0 atom stereocenters. The lowest BCUT2D eigenvalue weighted by Crippen LogP contribution is -2.19. The lowest BCUT2D eigenvalue weighted by Gasteiger charge is -2.15. The fraction of sp³-hybridized carbons (Fsp3) is 0.438. The molecule has 0 spiro atoms. The quantitative estimate of drug-likeness (QED) is 0.942. The van der Waals surface area contributed by atoms with Crippen molar-refractivity contribution in [1.82, 2.24) is 14.8 Å². The van der Waals surface area contributed by atoms with Crippen molar-refractivity contribution in [1.29, 1.82) is 0 Å². The van der Waals surface area contributed by atoms with E-state index in [2.05, 4.69) is 15.4 Å². The third kappa shape index (κ3) is 2.81. The Hall–Kier alpha value is -2.37. The summed E-state index contributed by atoms with van der Waals surface area (Å²) in [6.07, 6.45) is 8.02. The first-order valence-electron chi connectivity index (χ1n) is 7.54. The Kier molecular flexibility index (Phi) is 4.09. The highest BCUT2D eigenvalue weighted by Crippen LogP contribution is 2.32. The molecule has 2 aromatic rings. The Bertz CT molecular complexity index is 675. The van der Waals surface area contributed by atoms with E-state index >= 15 is 0 Å². The van der Waals surface area contributed by atoms with E-state index in [0.717, 1.165) is 24.2 Å². The zero-order valence-electron chi connectivity index (χ0n) is 12.9. The smallest absolute Gasteiger partial charge is 0.275 e. The SMILES string of the molecule is COc1ccnc(C(=O)Nc2c(C)cnn2C2CCCC2)c1. The number of nitrogens with one attached hydrogen (secondary N) is 1. The van der Waals surface area contributed by atoms with E-state index in [1.165, 1.54) is 12.8 Å². The number of aryl methyl sites for hydroxylation is 1. The number of anilines is 1. The molecule has 0 bridgehead atoms. The molecule has 1 aliphatic carbocycles. The summed E-state index contributed by atoms with van der Waals surface area (Å²) in [5.74, 6) is 1.13. The molecule has 116 valence electrons. The van der Waals surface area contributed by atoms with E-state index in [0.29, 0.717) is 17.5 Å². The summed E-state index contributed by atoms with van der Waals surface area (Å²) in [5, 5.41) is 7.38. The van der Waals surface area contributed by atoms with Crippen LogP contribution in [0.3, 0.4) is 0 Å². The molecule has 0 saturated heterocycles. The van der Waals surface area contributed by atoms with Gasteiger partial charge in [0.15, 0.2) is 0 Å². The number of rotatable bonds is 4. The lowest BCUT2D eigenvalue weighted by atomic mass is 10.2. The largest absolute Gasteiger partial charge is 0.497 e. The molecule has 6 heteroatoms. The van der Waals surface area contributed by atoms with Crippen LogP contribution in [0.2, 0.25) is 0 Å². The van der Waals surface area contributed by atoms with Gasteiger partial charge in [-0.05, 0) is 25.8 Å². The molecular weight excluding hydrogens is 280 g/mol. The summed E-state index contributed by atoms with van der Waals surface area (Å²) in [4.78, 5) is 16.5. The van der Waals surface area contributed by atoms with Crippen molar-refractivity contribution < 1.29 is 9.53 Å². The van der Waals surface area contributed by atoms with Crippen LogP contribution in [0.25, 0.3) is 0 Å². The monoisotopic (exact) mass is 300 g/mol. The number of aromatic nitrogens is 3. The molecule has 3 rings (SSSR count). The molecule has 2 aromatic heterocycles. The predicted octanol–water partition coefficient (Wildman–Crippen LogP) is 2.96. The Labute approximate surface area is 129 Å². The predicted molar refractivity (Wildman–Crippen MR) is 83.2 cm³/mol. The van der Waals surface area contributed by atoms with Gasteiger partial charge in [0.25, 0.3) is 5.91 Å². The van der Waals surface area contributed by atoms with Gasteiger partial charge in [-0.25, -0.2) is 4.68 Å². The van der Waals surface area contributed by atoms with Crippen LogP contribution in [0.4, 0.5) is 5.82 Å². The van der Waals surface area contributed by atoms with Crippen molar-refractivity contribution in [2.45, 2.75) is 38.6 Å². The number of nitrogens with zero attached hydrogens (tertiary/aromatic N) is 3. The van der Waals surface area contributed by atoms with Crippen LogP contribution in [-0.2, 0) is 0 Å². The second kappa shape index (κ2) is 6.17. The highest BCUT2D eigenvalue weighted by molar-refractivity contribution is 6.02. The third-order valence-electron chi connectivity index (χ3n) is 4.08.